The van der Waals surface area contributed by atoms with Crippen molar-refractivity contribution in [1.29, 1.82) is 0 Å². The van der Waals surface area contributed by atoms with Crippen molar-refractivity contribution < 1.29 is 0 Å². The van der Waals surface area contributed by atoms with Crippen LogP contribution in [0.3, 0.4) is 0 Å². The molecule has 17 heavy (non-hydrogen) atoms. The molecule has 3 heteroatoms. The van der Waals surface area contributed by atoms with Gasteiger partial charge in [0.25, 0.3) is 0 Å². The summed E-state index contributed by atoms with van der Waals surface area (Å²) in [4.78, 5) is 2.46. The molecule has 0 bridgehead atoms. The standard InChI is InChI=1S/C14H21BrN2/c1-17-9-5-4-6-11(10-16)14(17)12-7-2-3-8-13(12)15/h2-3,7-8,11,14H,4-6,9-10,16H2,1H3. The van der Waals surface area contributed by atoms with Gasteiger partial charge in [0.05, 0.1) is 0 Å². The van der Waals surface area contributed by atoms with E-state index in [9.17, 15) is 0 Å². The second-order valence-corrected chi connectivity index (χ2v) is 5.79. The molecule has 2 unspecified atom stereocenters. The highest BCUT2D eigenvalue weighted by atomic mass is 79.9. The molecule has 0 saturated carbocycles. The lowest BCUT2D eigenvalue weighted by molar-refractivity contribution is 0.195. The van der Waals surface area contributed by atoms with Crippen LogP contribution < -0.4 is 5.73 Å². The molecule has 1 fully saturated rings. The van der Waals surface area contributed by atoms with Gasteiger partial charge in [0, 0.05) is 10.5 Å². The maximum absolute atomic E-state index is 5.97. The molecule has 1 aliphatic rings. The lowest BCUT2D eigenvalue weighted by Gasteiger charge is -2.32. The first-order valence-electron chi connectivity index (χ1n) is 6.38. The fourth-order valence-electron chi connectivity index (χ4n) is 2.88. The number of likely N-dealkylation sites (tertiary alicyclic amines) is 1. The Hall–Kier alpha value is -0.380. The Morgan fingerprint density at radius 1 is 1.35 bits per heavy atom. The first kappa shape index (κ1) is 13.1. The van der Waals surface area contributed by atoms with E-state index in [1.165, 1.54) is 35.8 Å². The zero-order valence-electron chi connectivity index (χ0n) is 10.4. The van der Waals surface area contributed by atoms with Crippen LogP contribution in [0.15, 0.2) is 28.7 Å². The normalized spacial score (nSPS) is 26.8. The molecular formula is C14H21BrN2. The molecule has 2 N–H and O–H groups in total. The molecule has 1 saturated heterocycles. The summed E-state index contributed by atoms with van der Waals surface area (Å²) in [5, 5.41) is 0. The number of nitrogens with zero attached hydrogens (tertiary/aromatic N) is 1. The lowest BCUT2D eigenvalue weighted by atomic mass is 9.89. The van der Waals surface area contributed by atoms with Gasteiger partial charge in [0.2, 0.25) is 0 Å². The third kappa shape index (κ3) is 2.90. The Kier molecular flexibility index (Phi) is 4.60. The lowest BCUT2D eigenvalue weighted by Crippen LogP contribution is -2.33. The average Bonchev–Trinajstić information content (AvgIpc) is 2.52. The van der Waals surface area contributed by atoms with Crippen LogP contribution in [0.1, 0.15) is 30.9 Å². The Morgan fingerprint density at radius 3 is 2.82 bits per heavy atom. The molecule has 0 aromatic heterocycles. The molecule has 1 aliphatic heterocycles. The molecule has 1 heterocycles. The van der Waals surface area contributed by atoms with Gasteiger partial charge in [-0.2, -0.15) is 0 Å². The number of nitrogens with two attached hydrogens (primary N) is 1. The largest absolute Gasteiger partial charge is 0.330 e. The Bertz CT molecular complexity index is 367. The minimum absolute atomic E-state index is 0.457. The van der Waals surface area contributed by atoms with E-state index < -0.39 is 0 Å². The molecule has 94 valence electrons. The second-order valence-electron chi connectivity index (χ2n) is 4.94. The molecule has 0 aliphatic carbocycles. The summed E-state index contributed by atoms with van der Waals surface area (Å²) in [6, 6.07) is 8.99. The maximum Gasteiger partial charge on any atom is 0.0396 e. The fourth-order valence-corrected chi connectivity index (χ4v) is 3.40. The topological polar surface area (TPSA) is 29.3 Å². The van der Waals surface area contributed by atoms with E-state index >= 15 is 0 Å². The third-order valence-corrected chi connectivity index (χ3v) is 4.51. The summed E-state index contributed by atoms with van der Waals surface area (Å²) in [5.41, 5.74) is 7.35. The summed E-state index contributed by atoms with van der Waals surface area (Å²) >= 11 is 3.67. The highest BCUT2D eigenvalue weighted by Gasteiger charge is 2.29. The van der Waals surface area contributed by atoms with Crippen molar-refractivity contribution in [2.45, 2.75) is 25.3 Å². The van der Waals surface area contributed by atoms with Crippen LogP contribution in [-0.4, -0.2) is 25.0 Å². The number of benzene rings is 1. The zero-order valence-corrected chi connectivity index (χ0v) is 12.0. The first-order valence-corrected chi connectivity index (χ1v) is 7.18. The molecule has 1 aromatic rings. The molecule has 2 nitrogen and oxygen atoms in total. The Labute approximate surface area is 112 Å². The Morgan fingerprint density at radius 2 is 2.12 bits per heavy atom. The van der Waals surface area contributed by atoms with Gasteiger partial charge in [-0.15, -0.1) is 0 Å². The number of halogens is 1. The quantitative estimate of drug-likeness (QED) is 0.908. The number of hydrogen-bond donors (Lipinski definition) is 1. The fraction of sp³-hybridized carbons (Fsp3) is 0.571. The zero-order chi connectivity index (χ0) is 12.3. The monoisotopic (exact) mass is 296 g/mol. The van der Waals surface area contributed by atoms with Gasteiger partial charge in [0.1, 0.15) is 0 Å². The molecule has 0 amide bonds. The minimum Gasteiger partial charge on any atom is -0.330 e. The van der Waals surface area contributed by atoms with E-state index in [0.717, 1.165) is 6.54 Å². The van der Waals surface area contributed by atoms with E-state index in [1.54, 1.807) is 0 Å². The predicted molar refractivity (Wildman–Crippen MR) is 75.9 cm³/mol. The van der Waals surface area contributed by atoms with Gasteiger partial charge in [-0.05, 0) is 50.5 Å². The highest BCUT2D eigenvalue weighted by molar-refractivity contribution is 9.10. The summed E-state index contributed by atoms with van der Waals surface area (Å²) in [7, 11) is 2.22. The van der Waals surface area contributed by atoms with Gasteiger partial charge >= 0.3 is 0 Å². The minimum atomic E-state index is 0.457. The summed E-state index contributed by atoms with van der Waals surface area (Å²) in [6.45, 7) is 1.94. The van der Waals surface area contributed by atoms with E-state index in [4.69, 9.17) is 5.73 Å². The SMILES string of the molecule is CN1CCCCC(CN)C1c1ccccc1Br. The van der Waals surface area contributed by atoms with Gasteiger partial charge in [-0.1, -0.05) is 40.5 Å². The van der Waals surface area contributed by atoms with Crippen LogP contribution in [0.25, 0.3) is 0 Å². The van der Waals surface area contributed by atoms with Crippen LogP contribution in [0, 0.1) is 5.92 Å². The molecule has 2 rings (SSSR count). The molecule has 1 aromatic carbocycles. The summed E-state index contributed by atoms with van der Waals surface area (Å²) < 4.78 is 1.21. The Balaban J connectivity index is 2.34. The van der Waals surface area contributed by atoms with Crippen molar-refractivity contribution in [3.8, 4) is 0 Å². The predicted octanol–water partition coefficient (Wildman–Crippen LogP) is 3.18. The van der Waals surface area contributed by atoms with Gasteiger partial charge < -0.3 is 5.73 Å². The highest BCUT2D eigenvalue weighted by Crippen LogP contribution is 2.36. The van der Waals surface area contributed by atoms with E-state index in [1.807, 2.05) is 0 Å². The summed E-state index contributed by atoms with van der Waals surface area (Å²) in [6.07, 6.45) is 3.83. The van der Waals surface area contributed by atoms with Gasteiger partial charge in [0.15, 0.2) is 0 Å². The van der Waals surface area contributed by atoms with E-state index in [0.29, 0.717) is 12.0 Å². The van der Waals surface area contributed by atoms with E-state index in [-0.39, 0.29) is 0 Å². The van der Waals surface area contributed by atoms with Crippen molar-refractivity contribution in [3.05, 3.63) is 34.3 Å². The summed E-state index contributed by atoms with van der Waals surface area (Å²) in [5.74, 6) is 0.571. The van der Waals surface area contributed by atoms with Crippen molar-refractivity contribution in [3.63, 3.8) is 0 Å². The molecule has 0 spiro atoms. The molecule has 0 radical (unpaired) electrons. The van der Waals surface area contributed by atoms with Crippen LogP contribution in [0.4, 0.5) is 0 Å². The van der Waals surface area contributed by atoms with Crippen LogP contribution >= 0.6 is 15.9 Å². The van der Waals surface area contributed by atoms with Crippen LogP contribution in [0.5, 0.6) is 0 Å². The number of rotatable bonds is 2. The number of hydrogen-bond acceptors (Lipinski definition) is 2. The van der Waals surface area contributed by atoms with E-state index in [2.05, 4.69) is 52.1 Å². The van der Waals surface area contributed by atoms with Crippen molar-refractivity contribution in [2.24, 2.45) is 11.7 Å². The first-order chi connectivity index (χ1) is 8.24. The van der Waals surface area contributed by atoms with Gasteiger partial charge in [-0.25, -0.2) is 0 Å². The molecular weight excluding hydrogens is 276 g/mol. The molecule has 2 atom stereocenters. The van der Waals surface area contributed by atoms with Crippen molar-refractivity contribution in [1.82, 2.24) is 4.90 Å². The van der Waals surface area contributed by atoms with Crippen LogP contribution in [-0.2, 0) is 0 Å². The van der Waals surface area contributed by atoms with Crippen LogP contribution in [0.2, 0.25) is 0 Å². The maximum atomic E-state index is 5.97. The smallest absolute Gasteiger partial charge is 0.0396 e. The van der Waals surface area contributed by atoms with Crippen molar-refractivity contribution >= 4 is 15.9 Å². The third-order valence-electron chi connectivity index (χ3n) is 3.78. The van der Waals surface area contributed by atoms with Crippen molar-refractivity contribution in [2.75, 3.05) is 20.1 Å². The average molecular weight is 297 g/mol. The second kappa shape index (κ2) is 5.98. The van der Waals surface area contributed by atoms with Gasteiger partial charge in [-0.3, -0.25) is 4.90 Å².